The third-order valence-electron chi connectivity index (χ3n) is 4.03. The predicted molar refractivity (Wildman–Crippen MR) is 88.8 cm³/mol. The summed E-state index contributed by atoms with van der Waals surface area (Å²) >= 11 is 0. The Bertz CT molecular complexity index is 632. The van der Waals surface area contributed by atoms with Gasteiger partial charge < -0.3 is 15.3 Å². The molecule has 26 heavy (non-hydrogen) atoms. The highest BCUT2D eigenvalue weighted by molar-refractivity contribution is 5.90. The van der Waals surface area contributed by atoms with Gasteiger partial charge in [0.15, 0.2) is 5.82 Å². The summed E-state index contributed by atoms with van der Waals surface area (Å²) in [7, 11) is 1.35. The molecule has 1 aromatic heterocycles. The minimum atomic E-state index is -1.23. The summed E-state index contributed by atoms with van der Waals surface area (Å²) in [5.41, 5.74) is 0. The number of carboxylic acid groups (broad SMARTS) is 1. The SMILES string of the molecule is CC(=O)C(C)C(C(=O)O)N(C)C(=O)CCCC(=O)NCCc1nn[nH]n1. The van der Waals surface area contributed by atoms with E-state index in [2.05, 4.69) is 25.9 Å². The molecule has 1 heterocycles. The van der Waals surface area contributed by atoms with Crippen molar-refractivity contribution in [2.45, 2.75) is 45.6 Å². The molecule has 2 atom stereocenters. The molecule has 2 amide bonds. The molecule has 0 fully saturated rings. The van der Waals surface area contributed by atoms with Crippen molar-refractivity contribution in [2.75, 3.05) is 13.6 Å². The first-order valence-electron chi connectivity index (χ1n) is 8.22. The van der Waals surface area contributed by atoms with Crippen molar-refractivity contribution in [1.82, 2.24) is 30.8 Å². The van der Waals surface area contributed by atoms with Crippen LogP contribution in [0.25, 0.3) is 0 Å². The van der Waals surface area contributed by atoms with E-state index in [1.165, 1.54) is 20.9 Å². The van der Waals surface area contributed by atoms with Crippen LogP contribution in [0.2, 0.25) is 0 Å². The number of H-pyrrole nitrogens is 1. The van der Waals surface area contributed by atoms with Crippen LogP contribution in [0.4, 0.5) is 0 Å². The fraction of sp³-hybridized carbons (Fsp3) is 0.667. The maximum Gasteiger partial charge on any atom is 0.327 e. The highest BCUT2D eigenvalue weighted by Crippen LogP contribution is 2.14. The van der Waals surface area contributed by atoms with E-state index < -0.39 is 23.8 Å². The zero-order chi connectivity index (χ0) is 19.7. The zero-order valence-electron chi connectivity index (χ0n) is 15.1. The second-order valence-electron chi connectivity index (χ2n) is 5.97. The third kappa shape index (κ3) is 6.57. The minimum Gasteiger partial charge on any atom is -0.480 e. The van der Waals surface area contributed by atoms with Gasteiger partial charge in [-0.1, -0.05) is 12.1 Å². The van der Waals surface area contributed by atoms with Crippen LogP contribution in [0.1, 0.15) is 38.9 Å². The van der Waals surface area contributed by atoms with Gasteiger partial charge in [-0.05, 0) is 13.3 Å². The first-order valence-corrected chi connectivity index (χ1v) is 8.22. The van der Waals surface area contributed by atoms with Crippen molar-refractivity contribution in [3.05, 3.63) is 5.82 Å². The van der Waals surface area contributed by atoms with E-state index in [-0.39, 0.29) is 31.0 Å². The Morgan fingerprint density at radius 2 is 1.96 bits per heavy atom. The van der Waals surface area contributed by atoms with E-state index in [0.29, 0.717) is 18.8 Å². The van der Waals surface area contributed by atoms with Crippen molar-refractivity contribution in [3.63, 3.8) is 0 Å². The number of tetrazole rings is 1. The Morgan fingerprint density at radius 1 is 1.27 bits per heavy atom. The Labute approximate surface area is 150 Å². The van der Waals surface area contributed by atoms with Crippen LogP contribution in [0.15, 0.2) is 0 Å². The Morgan fingerprint density at radius 3 is 2.50 bits per heavy atom. The molecule has 144 valence electrons. The van der Waals surface area contributed by atoms with Gasteiger partial charge in [-0.25, -0.2) is 4.79 Å². The molecule has 0 spiro atoms. The van der Waals surface area contributed by atoms with E-state index in [0.717, 1.165) is 4.90 Å². The van der Waals surface area contributed by atoms with Gasteiger partial charge in [0.05, 0.1) is 0 Å². The van der Waals surface area contributed by atoms with Crippen LogP contribution < -0.4 is 5.32 Å². The quantitative estimate of drug-likeness (QED) is 0.456. The number of Topliss-reactive ketones (excluding diaryl/α,β-unsaturated/α-hetero) is 1. The average molecular weight is 368 g/mol. The minimum absolute atomic E-state index is 0.0170. The lowest BCUT2D eigenvalue weighted by Crippen LogP contribution is -2.48. The number of carboxylic acids is 1. The highest BCUT2D eigenvalue weighted by atomic mass is 16.4. The first-order chi connectivity index (χ1) is 12.2. The smallest absolute Gasteiger partial charge is 0.327 e. The van der Waals surface area contributed by atoms with Crippen molar-refractivity contribution in [3.8, 4) is 0 Å². The molecule has 0 radical (unpaired) electrons. The fourth-order valence-corrected chi connectivity index (χ4v) is 2.36. The largest absolute Gasteiger partial charge is 0.480 e. The second-order valence-corrected chi connectivity index (χ2v) is 5.97. The number of aromatic nitrogens is 4. The summed E-state index contributed by atoms with van der Waals surface area (Å²) in [6.07, 6.45) is 0.861. The molecule has 0 aliphatic rings. The van der Waals surface area contributed by atoms with E-state index >= 15 is 0 Å². The standard InChI is InChI=1S/C15H24N6O5/c1-9(10(2)22)14(15(25)26)21(3)13(24)6-4-5-12(23)16-8-7-11-17-19-20-18-11/h9,14H,4-8H2,1-3H3,(H,16,23)(H,25,26)(H,17,18,19,20). The number of carbonyl (C=O) groups is 4. The molecular formula is C15H24N6O5. The second kappa shape index (κ2) is 10.2. The Kier molecular flexibility index (Phi) is 8.32. The number of nitrogens with zero attached hydrogens (tertiary/aromatic N) is 4. The van der Waals surface area contributed by atoms with Crippen molar-refractivity contribution in [1.29, 1.82) is 0 Å². The molecule has 11 heteroatoms. The van der Waals surface area contributed by atoms with E-state index in [9.17, 15) is 24.3 Å². The highest BCUT2D eigenvalue weighted by Gasteiger charge is 2.33. The van der Waals surface area contributed by atoms with Gasteiger partial charge in [0.1, 0.15) is 11.8 Å². The lowest BCUT2D eigenvalue weighted by atomic mass is 9.96. The monoisotopic (exact) mass is 368 g/mol. The Hall–Kier alpha value is -2.85. The van der Waals surface area contributed by atoms with Crippen LogP contribution in [-0.2, 0) is 25.6 Å². The number of likely N-dealkylation sites (N-methyl/N-ethyl adjacent to an activating group) is 1. The van der Waals surface area contributed by atoms with Crippen molar-refractivity contribution < 1.29 is 24.3 Å². The van der Waals surface area contributed by atoms with Gasteiger partial charge in [0.25, 0.3) is 0 Å². The number of aromatic amines is 1. The van der Waals surface area contributed by atoms with Crippen molar-refractivity contribution in [2.24, 2.45) is 5.92 Å². The number of hydrogen-bond donors (Lipinski definition) is 3. The number of aliphatic carboxylic acids is 1. The number of carbonyl (C=O) groups excluding carboxylic acids is 3. The van der Waals surface area contributed by atoms with Crippen LogP contribution >= 0.6 is 0 Å². The molecule has 0 saturated carbocycles. The van der Waals surface area contributed by atoms with Gasteiger partial charge in [0.2, 0.25) is 11.8 Å². The number of hydrogen-bond acceptors (Lipinski definition) is 7. The molecule has 0 aromatic carbocycles. The van der Waals surface area contributed by atoms with Crippen LogP contribution in [0, 0.1) is 5.92 Å². The molecule has 11 nitrogen and oxygen atoms in total. The van der Waals surface area contributed by atoms with E-state index in [1.807, 2.05) is 0 Å². The molecule has 2 unspecified atom stereocenters. The number of amides is 2. The van der Waals surface area contributed by atoms with Gasteiger partial charge in [-0.2, -0.15) is 5.21 Å². The first kappa shape index (κ1) is 21.2. The summed E-state index contributed by atoms with van der Waals surface area (Å²) in [4.78, 5) is 47.7. The van der Waals surface area contributed by atoms with Gasteiger partial charge in [-0.3, -0.25) is 14.4 Å². The summed E-state index contributed by atoms with van der Waals surface area (Å²) in [5, 5.41) is 25.2. The summed E-state index contributed by atoms with van der Waals surface area (Å²) in [5.74, 6) is -2.52. The zero-order valence-corrected chi connectivity index (χ0v) is 15.1. The maximum atomic E-state index is 12.2. The van der Waals surface area contributed by atoms with Crippen LogP contribution in [-0.4, -0.2) is 73.8 Å². The Balaban J connectivity index is 2.36. The fourth-order valence-electron chi connectivity index (χ4n) is 2.36. The molecular weight excluding hydrogens is 344 g/mol. The van der Waals surface area contributed by atoms with Crippen LogP contribution in [0.5, 0.6) is 0 Å². The molecule has 1 rings (SSSR count). The molecule has 3 N–H and O–H groups in total. The third-order valence-corrected chi connectivity index (χ3v) is 4.03. The number of ketones is 1. The number of nitrogens with one attached hydrogen (secondary N) is 2. The molecule has 0 bridgehead atoms. The average Bonchev–Trinajstić information content (AvgIpc) is 3.07. The summed E-state index contributed by atoms with van der Waals surface area (Å²) < 4.78 is 0. The predicted octanol–water partition coefficient (Wildman–Crippen LogP) is -0.835. The molecule has 1 aromatic rings. The van der Waals surface area contributed by atoms with E-state index in [1.54, 1.807) is 0 Å². The van der Waals surface area contributed by atoms with E-state index in [4.69, 9.17) is 0 Å². The molecule has 0 aliphatic heterocycles. The number of rotatable bonds is 11. The summed E-state index contributed by atoms with van der Waals surface area (Å²) in [6.45, 7) is 3.11. The van der Waals surface area contributed by atoms with Gasteiger partial charge in [0, 0.05) is 38.8 Å². The van der Waals surface area contributed by atoms with Crippen LogP contribution in [0.3, 0.4) is 0 Å². The van der Waals surface area contributed by atoms with Gasteiger partial charge in [-0.15, -0.1) is 10.2 Å². The lowest BCUT2D eigenvalue weighted by molar-refractivity contribution is -0.153. The molecule has 0 saturated heterocycles. The normalized spacial score (nSPS) is 12.9. The maximum absolute atomic E-state index is 12.2. The molecule has 0 aliphatic carbocycles. The van der Waals surface area contributed by atoms with Gasteiger partial charge >= 0.3 is 5.97 Å². The van der Waals surface area contributed by atoms with Crippen molar-refractivity contribution >= 4 is 23.6 Å². The topological polar surface area (TPSA) is 158 Å². The lowest BCUT2D eigenvalue weighted by Gasteiger charge is -2.28. The summed E-state index contributed by atoms with van der Waals surface area (Å²) in [6, 6.07) is -1.22.